The molecule has 0 N–H and O–H groups in total. The molecule has 0 spiro atoms. The van der Waals surface area contributed by atoms with E-state index in [9.17, 15) is 4.79 Å². The SMILES string of the molecule is COC(=O)COc1ccccc1C=CCS. The Morgan fingerprint density at radius 1 is 1.44 bits per heavy atom. The molecule has 0 aliphatic heterocycles. The van der Waals surface area contributed by atoms with Crippen molar-refractivity contribution in [3.8, 4) is 5.75 Å². The van der Waals surface area contributed by atoms with Gasteiger partial charge >= 0.3 is 5.97 Å². The second-order valence-corrected chi connectivity index (χ2v) is 3.35. The van der Waals surface area contributed by atoms with Crippen molar-refractivity contribution in [2.45, 2.75) is 0 Å². The van der Waals surface area contributed by atoms with E-state index in [2.05, 4.69) is 17.4 Å². The van der Waals surface area contributed by atoms with Gasteiger partial charge in [0, 0.05) is 11.3 Å². The van der Waals surface area contributed by atoms with Gasteiger partial charge < -0.3 is 9.47 Å². The lowest BCUT2D eigenvalue weighted by molar-refractivity contribution is -0.142. The molecule has 0 radical (unpaired) electrons. The van der Waals surface area contributed by atoms with Crippen LogP contribution in [0.2, 0.25) is 0 Å². The molecule has 16 heavy (non-hydrogen) atoms. The summed E-state index contributed by atoms with van der Waals surface area (Å²) in [4.78, 5) is 10.9. The van der Waals surface area contributed by atoms with Crippen LogP contribution >= 0.6 is 12.6 Å². The highest BCUT2D eigenvalue weighted by atomic mass is 32.1. The largest absolute Gasteiger partial charge is 0.481 e. The Labute approximate surface area is 100 Å². The number of esters is 1. The van der Waals surface area contributed by atoms with Crippen LogP contribution in [0.15, 0.2) is 30.3 Å². The van der Waals surface area contributed by atoms with Gasteiger partial charge in [0.1, 0.15) is 5.75 Å². The first-order chi connectivity index (χ1) is 7.77. The lowest BCUT2D eigenvalue weighted by atomic mass is 10.2. The molecule has 0 aliphatic rings. The Morgan fingerprint density at radius 3 is 2.88 bits per heavy atom. The van der Waals surface area contributed by atoms with Gasteiger partial charge in [0.15, 0.2) is 6.61 Å². The fraction of sp³-hybridized carbons (Fsp3) is 0.250. The van der Waals surface area contributed by atoms with E-state index in [1.54, 1.807) is 6.07 Å². The van der Waals surface area contributed by atoms with Gasteiger partial charge in [-0.05, 0) is 6.07 Å². The predicted octanol–water partition coefficient (Wildman–Crippen LogP) is 2.18. The van der Waals surface area contributed by atoms with Gasteiger partial charge in [-0.1, -0.05) is 30.4 Å². The monoisotopic (exact) mass is 238 g/mol. The summed E-state index contributed by atoms with van der Waals surface area (Å²) in [6.45, 7) is -0.0811. The molecular formula is C12H14O3S. The highest BCUT2D eigenvalue weighted by molar-refractivity contribution is 7.80. The number of rotatable bonds is 5. The standard InChI is InChI=1S/C12H14O3S/c1-14-12(13)9-15-11-7-3-2-5-10(11)6-4-8-16/h2-7,16H,8-9H2,1H3. The smallest absolute Gasteiger partial charge is 0.343 e. The van der Waals surface area contributed by atoms with Crippen molar-refractivity contribution in [3.05, 3.63) is 35.9 Å². The molecule has 0 amide bonds. The molecule has 4 heteroatoms. The molecule has 0 atom stereocenters. The summed E-state index contributed by atoms with van der Waals surface area (Å²) in [5.74, 6) is 0.921. The summed E-state index contributed by atoms with van der Waals surface area (Å²) in [5, 5.41) is 0. The topological polar surface area (TPSA) is 35.5 Å². The third-order valence-corrected chi connectivity index (χ3v) is 2.11. The highest BCUT2D eigenvalue weighted by Gasteiger charge is 2.03. The van der Waals surface area contributed by atoms with Crippen LogP contribution in [0.1, 0.15) is 5.56 Å². The van der Waals surface area contributed by atoms with Gasteiger partial charge in [-0.3, -0.25) is 0 Å². The summed E-state index contributed by atoms with van der Waals surface area (Å²) >= 11 is 4.08. The van der Waals surface area contributed by atoms with Gasteiger partial charge in [0.05, 0.1) is 7.11 Å². The molecule has 0 bridgehead atoms. The second-order valence-electron chi connectivity index (χ2n) is 2.99. The lowest BCUT2D eigenvalue weighted by Crippen LogP contribution is -2.12. The Hall–Kier alpha value is -1.42. The van der Waals surface area contributed by atoms with Gasteiger partial charge in [-0.2, -0.15) is 12.6 Å². The summed E-state index contributed by atoms with van der Waals surface area (Å²) < 4.78 is 9.83. The summed E-state index contributed by atoms with van der Waals surface area (Å²) in [6, 6.07) is 7.47. The van der Waals surface area contributed by atoms with Crippen molar-refractivity contribution in [2.24, 2.45) is 0 Å². The maximum absolute atomic E-state index is 10.9. The zero-order chi connectivity index (χ0) is 11.8. The molecule has 0 saturated heterocycles. The first-order valence-corrected chi connectivity index (χ1v) is 5.47. The van der Waals surface area contributed by atoms with Crippen LogP contribution in [0.4, 0.5) is 0 Å². The molecular weight excluding hydrogens is 224 g/mol. The Kier molecular flexibility index (Phi) is 5.50. The Bertz CT molecular complexity index is 374. The van der Waals surface area contributed by atoms with Gasteiger partial charge in [-0.25, -0.2) is 4.79 Å². The minimum atomic E-state index is -0.395. The fourth-order valence-corrected chi connectivity index (χ4v) is 1.23. The summed E-state index contributed by atoms with van der Waals surface area (Å²) in [5.41, 5.74) is 0.917. The van der Waals surface area contributed by atoms with Crippen molar-refractivity contribution in [1.29, 1.82) is 0 Å². The molecule has 0 fully saturated rings. The van der Waals surface area contributed by atoms with E-state index in [4.69, 9.17) is 4.74 Å². The van der Waals surface area contributed by atoms with Crippen LogP contribution in [-0.2, 0) is 9.53 Å². The van der Waals surface area contributed by atoms with Crippen LogP contribution in [0.25, 0.3) is 6.08 Å². The van der Waals surface area contributed by atoms with E-state index in [1.807, 2.05) is 30.4 Å². The zero-order valence-corrected chi connectivity index (χ0v) is 9.94. The number of para-hydroxylation sites is 1. The number of thiol groups is 1. The Balaban J connectivity index is 2.71. The second kappa shape index (κ2) is 6.95. The van der Waals surface area contributed by atoms with E-state index in [-0.39, 0.29) is 6.61 Å². The van der Waals surface area contributed by atoms with Gasteiger partial charge in [0.2, 0.25) is 0 Å². The molecule has 0 unspecified atom stereocenters. The van der Waals surface area contributed by atoms with Gasteiger partial charge in [0.25, 0.3) is 0 Å². The van der Waals surface area contributed by atoms with Crippen molar-refractivity contribution in [2.75, 3.05) is 19.5 Å². The summed E-state index contributed by atoms with van der Waals surface area (Å²) in [7, 11) is 1.33. The first kappa shape index (κ1) is 12.6. The summed E-state index contributed by atoms with van der Waals surface area (Å²) in [6.07, 6.45) is 3.81. The number of hydrogen-bond donors (Lipinski definition) is 1. The molecule has 0 heterocycles. The first-order valence-electron chi connectivity index (χ1n) is 4.84. The zero-order valence-electron chi connectivity index (χ0n) is 9.05. The van der Waals surface area contributed by atoms with E-state index < -0.39 is 5.97 Å². The molecule has 86 valence electrons. The molecule has 0 aromatic heterocycles. The maximum Gasteiger partial charge on any atom is 0.343 e. The van der Waals surface area contributed by atoms with Gasteiger partial charge in [-0.15, -0.1) is 0 Å². The molecule has 0 aliphatic carbocycles. The van der Waals surface area contributed by atoms with Crippen molar-refractivity contribution >= 4 is 24.7 Å². The quantitative estimate of drug-likeness (QED) is 0.631. The number of hydrogen-bond acceptors (Lipinski definition) is 4. The number of benzene rings is 1. The van der Waals surface area contributed by atoms with Crippen LogP contribution in [-0.4, -0.2) is 25.4 Å². The number of carbonyl (C=O) groups is 1. The third-order valence-electron chi connectivity index (χ3n) is 1.90. The number of carbonyl (C=O) groups excluding carboxylic acids is 1. The molecule has 0 saturated carbocycles. The van der Waals surface area contributed by atoms with Crippen LogP contribution in [0, 0.1) is 0 Å². The van der Waals surface area contributed by atoms with E-state index in [1.165, 1.54) is 7.11 Å². The van der Waals surface area contributed by atoms with Crippen LogP contribution in [0.5, 0.6) is 5.75 Å². The lowest BCUT2D eigenvalue weighted by Gasteiger charge is -2.07. The highest BCUT2D eigenvalue weighted by Crippen LogP contribution is 2.19. The minimum absolute atomic E-state index is 0.0811. The molecule has 1 rings (SSSR count). The molecule has 3 nitrogen and oxygen atoms in total. The van der Waals surface area contributed by atoms with Crippen molar-refractivity contribution in [3.63, 3.8) is 0 Å². The number of ether oxygens (including phenoxy) is 2. The average Bonchev–Trinajstić information content (AvgIpc) is 2.34. The van der Waals surface area contributed by atoms with Crippen molar-refractivity contribution in [1.82, 2.24) is 0 Å². The van der Waals surface area contributed by atoms with Crippen LogP contribution < -0.4 is 4.74 Å². The Morgan fingerprint density at radius 2 is 2.19 bits per heavy atom. The van der Waals surface area contributed by atoms with E-state index in [0.717, 1.165) is 5.56 Å². The van der Waals surface area contributed by atoms with E-state index in [0.29, 0.717) is 11.5 Å². The van der Waals surface area contributed by atoms with Crippen LogP contribution in [0.3, 0.4) is 0 Å². The van der Waals surface area contributed by atoms with Crippen molar-refractivity contribution < 1.29 is 14.3 Å². The number of methoxy groups -OCH3 is 1. The predicted molar refractivity (Wildman–Crippen MR) is 66.8 cm³/mol. The minimum Gasteiger partial charge on any atom is -0.481 e. The van der Waals surface area contributed by atoms with E-state index >= 15 is 0 Å². The fourth-order valence-electron chi connectivity index (χ4n) is 1.12. The maximum atomic E-state index is 10.9. The molecule has 1 aromatic carbocycles. The average molecular weight is 238 g/mol. The normalized spacial score (nSPS) is 10.4. The third kappa shape index (κ3) is 3.98. The molecule has 1 aromatic rings.